The van der Waals surface area contributed by atoms with Crippen LogP contribution in [0.4, 0.5) is 11.4 Å². The number of nitro groups is 1. The Bertz CT molecular complexity index is 819. The molecule has 0 radical (unpaired) electrons. The summed E-state index contributed by atoms with van der Waals surface area (Å²) < 4.78 is 0. The first-order valence-corrected chi connectivity index (χ1v) is 8.12. The summed E-state index contributed by atoms with van der Waals surface area (Å²) in [6, 6.07) is 3.34. The third-order valence-electron chi connectivity index (χ3n) is 4.73. The lowest BCUT2D eigenvalue weighted by Crippen LogP contribution is -2.38. The predicted molar refractivity (Wildman–Crippen MR) is 92.6 cm³/mol. The van der Waals surface area contributed by atoms with Crippen molar-refractivity contribution >= 4 is 22.3 Å². The third kappa shape index (κ3) is 2.96. The topological polar surface area (TPSA) is 95.4 Å². The average molecular weight is 331 g/mol. The van der Waals surface area contributed by atoms with Crippen LogP contribution in [0.1, 0.15) is 19.8 Å². The van der Waals surface area contributed by atoms with Crippen LogP contribution >= 0.6 is 0 Å². The molecule has 0 amide bonds. The molecule has 0 bridgehead atoms. The Balaban J connectivity index is 1.99. The predicted octanol–water partition coefficient (Wildman–Crippen LogP) is 1.75. The molecule has 0 aliphatic carbocycles. The van der Waals surface area contributed by atoms with E-state index in [1.165, 1.54) is 12.4 Å². The number of fused-ring (bicyclic) bond motifs is 1. The van der Waals surface area contributed by atoms with Crippen LogP contribution in [0.15, 0.2) is 23.3 Å². The Morgan fingerprint density at radius 1 is 1.50 bits per heavy atom. The molecule has 8 heteroatoms. The van der Waals surface area contributed by atoms with Gasteiger partial charge in [0.2, 0.25) is 0 Å². The summed E-state index contributed by atoms with van der Waals surface area (Å²) in [6.07, 6.45) is 3.57. The van der Waals surface area contributed by atoms with Gasteiger partial charge in [-0.2, -0.15) is 0 Å². The molecule has 3 rings (SSSR count). The van der Waals surface area contributed by atoms with E-state index in [1.807, 2.05) is 11.9 Å². The van der Waals surface area contributed by atoms with Crippen LogP contribution in [0.5, 0.6) is 0 Å². The fourth-order valence-electron chi connectivity index (χ4n) is 3.48. The van der Waals surface area contributed by atoms with E-state index in [1.54, 1.807) is 6.07 Å². The molecule has 1 fully saturated rings. The summed E-state index contributed by atoms with van der Waals surface area (Å²) in [5, 5.41) is 11.7. The lowest BCUT2D eigenvalue weighted by atomic mass is 10.1. The lowest BCUT2D eigenvalue weighted by molar-refractivity contribution is -0.384. The highest BCUT2D eigenvalue weighted by Gasteiger charge is 2.27. The molecule has 1 aromatic carbocycles. The zero-order valence-electron chi connectivity index (χ0n) is 13.9. The van der Waals surface area contributed by atoms with Crippen molar-refractivity contribution < 1.29 is 4.92 Å². The van der Waals surface area contributed by atoms with Crippen molar-refractivity contribution in [3.8, 4) is 0 Å². The SMILES string of the molecule is CCN1CCCC1CN(C)c1cc2nc[nH]c(=O)c2cc1[N+](=O)[O-]. The molecular formula is C16H21N5O3. The number of nitro benzene ring substituents is 1. The van der Waals surface area contributed by atoms with Gasteiger partial charge in [0.15, 0.2) is 0 Å². The fourth-order valence-corrected chi connectivity index (χ4v) is 3.48. The van der Waals surface area contributed by atoms with Crippen molar-refractivity contribution in [1.82, 2.24) is 14.9 Å². The number of rotatable bonds is 5. The van der Waals surface area contributed by atoms with Gasteiger partial charge in [-0.05, 0) is 32.0 Å². The van der Waals surface area contributed by atoms with Crippen molar-refractivity contribution in [2.24, 2.45) is 0 Å². The van der Waals surface area contributed by atoms with Crippen molar-refractivity contribution in [2.45, 2.75) is 25.8 Å². The van der Waals surface area contributed by atoms with Crippen LogP contribution in [0.3, 0.4) is 0 Å². The number of hydrogen-bond acceptors (Lipinski definition) is 6. The number of aromatic nitrogens is 2. The number of nitrogens with one attached hydrogen (secondary N) is 1. The molecule has 128 valence electrons. The molecule has 0 spiro atoms. The largest absolute Gasteiger partial charge is 0.367 e. The maximum atomic E-state index is 11.9. The maximum Gasteiger partial charge on any atom is 0.293 e. The van der Waals surface area contributed by atoms with Crippen molar-refractivity contribution in [3.63, 3.8) is 0 Å². The molecule has 8 nitrogen and oxygen atoms in total. The van der Waals surface area contributed by atoms with Gasteiger partial charge in [0, 0.05) is 25.7 Å². The van der Waals surface area contributed by atoms with E-state index < -0.39 is 4.92 Å². The molecule has 1 N–H and O–H groups in total. The smallest absolute Gasteiger partial charge is 0.293 e. The first-order chi connectivity index (χ1) is 11.5. The molecular weight excluding hydrogens is 310 g/mol. The Labute approximate surface area is 139 Å². The number of benzene rings is 1. The summed E-state index contributed by atoms with van der Waals surface area (Å²) in [5.74, 6) is 0. The maximum absolute atomic E-state index is 11.9. The van der Waals surface area contributed by atoms with Crippen LogP contribution < -0.4 is 10.5 Å². The van der Waals surface area contributed by atoms with E-state index in [4.69, 9.17) is 0 Å². The van der Waals surface area contributed by atoms with E-state index in [2.05, 4.69) is 21.8 Å². The van der Waals surface area contributed by atoms with Crippen molar-refractivity contribution in [1.29, 1.82) is 0 Å². The minimum Gasteiger partial charge on any atom is -0.367 e. The van der Waals surface area contributed by atoms with E-state index >= 15 is 0 Å². The summed E-state index contributed by atoms with van der Waals surface area (Å²) in [4.78, 5) is 33.8. The number of likely N-dealkylation sites (tertiary alicyclic amines) is 1. The van der Waals surface area contributed by atoms with Gasteiger partial charge in [-0.15, -0.1) is 0 Å². The van der Waals surface area contributed by atoms with Crippen LogP contribution in [-0.4, -0.2) is 52.5 Å². The first kappa shape index (κ1) is 16.4. The van der Waals surface area contributed by atoms with E-state index in [9.17, 15) is 14.9 Å². The molecule has 0 saturated carbocycles. The molecule has 2 aromatic rings. The molecule has 1 saturated heterocycles. The summed E-state index contributed by atoms with van der Waals surface area (Å²) in [7, 11) is 1.85. The number of H-pyrrole nitrogens is 1. The van der Waals surface area contributed by atoms with E-state index in [0.717, 1.165) is 25.9 Å². The number of anilines is 1. The molecule has 1 unspecified atom stereocenters. The first-order valence-electron chi connectivity index (χ1n) is 8.12. The molecule has 1 atom stereocenters. The molecule has 24 heavy (non-hydrogen) atoms. The highest BCUT2D eigenvalue weighted by atomic mass is 16.6. The summed E-state index contributed by atoms with van der Waals surface area (Å²) in [5.41, 5.74) is 0.522. The minimum absolute atomic E-state index is 0.0652. The summed E-state index contributed by atoms with van der Waals surface area (Å²) >= 11 is 0. The molecule has 1 aliphatic heterocycles. The Morgan fingerprint density at radius 2 is 2.29 bits per heavy atom. The van der Waals surface area contributed by atoms with Gasteiger partial charge in [-0.25, -0.2) is 4.98 Å². The number of likely N-dealkylation sites (N-methyl/N-ethyl adjacent to an activating group) is 2. The Hall–Kier alpha value is -2.48. The number of nitrogens with zero attached hydrogens (tertiary/aromatic N) is 4. The van der Waals surface area contributed by atoms with Gasteiger partial charge in [0.25, 0.3) is 11.2 Å². The number of hydrogen-bond donors (Lipinski definition) is 1. The van der Waals surface area contributed by atoms with Crippen LogP contribution in [-0.2, 0) is 0 Å². The zero-order valence-corrected chi connectivity index (χ0v) is 13.9. The monoisotopic (exact) mass is 331 g/mol. The van der Waals surface area contributed by atoms with Gasteiger partial charge >= 0.3 is 0 Å². The van der Waals surface area contributed by atoms with Crippen LogP contribution in [0.2, 0.25) is 0 Å². The van der Waals surface area contributed by atoms with Gasteiger partial charge in [-0.3, -0.25) is 19.8 Å². The Kier molecular flexibility index (Phi) is 4.48. The Morgan fingerprint density at radius 3 is 3.00 bits per heavy atom. The van der Waals surface area contributed by atoms with E-state index in [-0.39, 0.29) is 16.6 Å². The van der Waals surface area contributed by atoms with E-state index in [0.29, 0.717) is 23.8 Å². The molecule has 1 aliphatic rings. The highest BCUT2D eigenvalue weighted by molar-refractivity contribution is 5.86. The second-order valence-electron chi connectivity index (χ2n) is 6.15. The second kappa shape index (κ2) is 6.56. The third-order valence-corrected chi connectivity index (χ3v) is 4.73. The fraction of sp³-hybridized carbons (Fsp3) is 0.500. The van der Waals surface area contributed by atoms with Gasteiger partial charge in [0.05, 0.1) is 22.2 Å². The molecule has 1 aromatic heterocycles. The van der Waals surface area contributed by atoms with Crippen molar-refractivity contribution in [3.05, 3.63) is 38.9 Å². The van der Waals surface area contributed by atoms with Crippen LogP contribution in [0.25, 0.3) is 10.9 Å². The van der Waals surface area contributed by atoms with Crippen molar-refractivity contribution in [2.75, 3.05) is 31.6 Å². The normalized spacial score (nSPS) is 18.2. The van der Waals surface area contributed by atoms with Gasteiger partial charge in [-0.1, -0.05) is 6.92 Å². The lowest BCUT2D eigenvalue weighted by Gasteiger charge is -2.28. The minimum atomic E-state index is -0.441. The van der Waals surface area contributed by atoms with Crippen LogP contribution in [0, 0.1) is 10.1 Å². The quantitative estimate of drug-likeness (QED) is 0.662. The second-order valence-corrected chi connectivity index (χ2v) is 6.15. The standard InChI is InChI=1S/C16H21N5O3/c1-3-20-6-4-5-11(20)9-19(2)14-8-13-12(7-15(14)21(23)24)16(22)18-10-17-13/h7-8,10-11H,3-6,9H2,1-2H3,(H,17,18,22). The number of aromatic amines is 1. The highest BCUT2D eigenvalue weighted by Crippen LogP contribution is 2.31. The molecule has 2 heterocycles. The average Bonchev–Trinajstić information content (AvgIpc) is 3.01. The van der Waals surface area contributed by atoms with Gasteiger partial charge < -0.3 is 9.88 Å². The zero-order chi connectivity index (χ0) is 17.3. The summed E-state index contributed by atoms with van der Waals surface area (Å²) in [6.45, 7) is 4.90. The van der Waals surface area contributed by atoms with Gasteiger partial charge in [0.1, 0.15) is 5.69 Å².